The molecule has 0 fully saturated rings. The maximum atomic E-state index is 12.7. The van der Waals surface area contributed by atoms with Gasteiger partial charge in [0.15, 0.2) is 0 Å². The Labute approximate surface area is 197 Å². The van der Waals surface area contributed by atoms with Gasteiger partial charge in [-0.2, -0.15) is 0 Å². The molecule has 0 saturated carbocycles. The standard InChI is InChI=1S/C27H21ClN2O3/c28-25-12-5-4-11-24(25)27(32)30-22-15-13-21(14-16-22)29-26(31)20-9-6-10-23(17-20)33-18-19-7-2-1-3-8-19/h1-17H,18H2,(H,29,31)(H,30,32). The molecule has 0 aliphatic carbocycles. The highest BCUT2D eigenvalue weighted by atomic mass is 35.5. The quantitative estimate of drug-likeness (QED) is 0.337. The fourth-order valence-corrected chi connectivity index (χ4v) is 3.37. The third-order valence-electron chi connectivity index (χ3n) is 4.86. The molecule has 0 unspecified atom stereocenters. The van der Waals surface area contributed by atoms with Gasteiger partial charge in [-0.25, -0.2) is 0 Å². The van der Waals surface area contributed by atoms with Crippen LogP contribution in [0.25, 0.3) is 0 Å². The minimum absolute atomic E-state index is 0.256. The summed E-state index contributed by atoms with van der Waals surface area (Å²) in [5.41, 5.74) is 3.12. The van der Waals surface area contributed by atoms with Crippen LogP contribution in [-0.2, 0) is 6.61 Å². The lowest BCUT2D eigenvalue weighted by atomic mass is 10.2. The smallest absolute Gasteiger partial charge is 0.257 e. The van der Waals surface area contributed by atoms with Gasteiger partial charge in [0.05, 0.1) is 10.6 Å². The molecular formula is C27H21ClN2O3. The predicted molar refractivity (Wildman–Crippen MR) is 131 cm³/mol. The molecule has 0 spiro atoms. The summed E-state index contributed by atoms with van der Waals surface area (Å²) in [7, 11) is 0. The van der Waals surface area contributed by atoms with Crippen LogP contribution in [0.2, 0.25) is 5.02 Å². The minimum Gasteiger partial charge on any atom is -0.489 e. The highest BCUT2D eigenvalue weighted by molar-refractivity contribution is 6.34. The monoisotopic (exact) mass is 456 g/mol. The number of hydrogen-bond acceptors (Lipinski definition) is 3. The van der Waals surface area contributed by atoms with Crippen LogP contribution in [0, 0.1) is 0 Å². The molecule has 0 aliphatic rings. The largest absolute Gasteiger partial charge is 0.489 e. The molecule has 0 atom stereocenters. The maximum absolute atomic E-state index is 12.7. The van der Waals surface area contributed by atoms with E-state index in [0.29, 0.717) is 39.9 Å². The lowest BCUT2D eigenvalue weighted by molar-refractivity contribution is 0.101. The van der Waals surface area contributed by atoms with E-state index in [-0.39, 0.29) is 11.8 Å². The van der Waals surface area contributed by atoms with Crippen LogP contribution >= 0.6 is 11.6 Å². The number of carbonyl (C=O) groups excluding carboxylic acids is 2. The summed E-state index contributed by atoms with van der Waals surface area (Å²) in [6, 6.07) is 30.6. The highest BCUT2D eigenvalue weighted by Gasteiger charge is 2.11. The van der Waals surface area contributed by atoms with Crippen molar-refractivity contribution in [3.63, 3.8) is 0 Å². The molecule has 164 valence electrons. The molecule has 2 amide bonds. The highest BCUT2D eigenvalue weighted by Crippen LogP contribution is 2.20. The van der Waals surface area contributed by atoms with E-state index >= 15 is 0 Å². The first kappa shape index (κ1) is 22.1. The normalized spacial score (nSPS) is 10.3. The van der Waals surface area contributed by atoms with Crippen LogP contribution in [-0.4, -0.2) is 11.8 Å². The van der Waals surface area contributed by atoms with Gasteiger partial charge in [0.1, 0.15) is 12.4 Å². The molecule has 5 nitrogen and oxygen atoms in total. The van der Waals surface area contributed by atoms with Gasteiger partial charge in [0, 0.05) is 16.9 Å². The number of ether oxygens (including phenoxy) is 1. The van der Waals surface area contributed by atoms with E-state index in [0.717, 1.165) is 5.56 Å². The van der Waals surface area contributed by atoms with Crippen molar-refractivity contribution in [2.45, 2.75) is 6.61 Å². The molecule has 0 saturated heterocycles. The van der Waals surface area contributed by atoms with Crippen LogP contribution in [0.4, 0.5) is 11.4 Å². The first-order valence-corrected chi connectivity index (χ1v) is 10.7. The minimum atomic E-state index is -0.301. The van der Waals surface area contributed by atoms with Gasteiger partial charge < -0.3 is 15.4 Å². The number of carbonyl (C=O) groups is 2. The Morgan fingerprint density at radius 3 is 2.03 bits per heavy atom. The molecule has 0 aliphatic heterocycles. The molecule has 4 aromatic carbocycles. The van der Waals surface area contributed by atoms with E-state index < -0.39 is 0 Å². The van der Waals surface area contributed by atoms with Gasteiger partial charge in [-0.3, -0.25) is 9.59 Å². The van der Waals surface area contributed by atoms with Crippen LogP contribution < -0.4 is 15.4 Å². The van der Waals surface area contributed by atoms with Crippen molar-refractivity contribution >= 4 is 34.8 Å². The van der Waals surface area contributed by atoms with Gasteiger partial charge in [-0.1, -0.05) is 60.1 Å². The van der Waals surface area contributed by atoms with Gasteiger partial charge in [0.25, 0.3) is 11.8 Å². The SMILES string of the molecule is O=C(Nc1ccc(NC(=O)c2ccccc2Cl)cc1)c1cccc(OCc2ccccc2)c1. The number of nitrogens with one attached hydrogen (secondary N) is 2. The number of halogens is 1. The zero-order valence-corrected chi connectivity index (χ0v) is 18.4. The Morgan fingerprint density at radius 2 is 1.33 bits per heavy atom. The van der Waals surface area contributed by atoms with Crippen molar-refractivity contribution in [3.05, 3.63) is 125 Å². The fourth-order valence-electron chi connectivity index (χ4n) is 3.15. The van der Waals surface area contributed by atoms with Crippen molar-refractivity contribution in [2.75, 3.05) is 10.6 Å². The van der Waals surface area contributed by atoms with Gasteiger partial charge in [-0.15, -0.1) is 0 Å². The van der Waals surface area contributed by atoms with Gasteiger partial charge >= 0.3 is 0 Å². The Balaban J connectivity index is 1.35. The Kier molecular flexibility index (Phi) is 7.03. The van der Waals surface area contributed by atoms with E-state index in [1.165, 1.54) is 0 Å². The molecule has 2 N–H and O–H groups in total. The molecular weight excluding hydrogens is 436 g/mol. The summed E-state index contributed by atoms with van der Waals surface area (Å²) in [6.07, 6.45) is 0. The van der Waals surface area contributed by atoms with Crippen molar-refractivity contribution in [3.8, 4) is 5.75 Å². The third-order valence-corrected chi connectivity index (χ3v) is 5.19. The number of anilines is 2. The summed E-state index contributed by atoms with van der Waals surface area (Å²) < 4.78 is 5.80. The summed E-state index contributed by atoms with van der Waals surface area (Å²) in [4.78, 5) is 25.1. The van der Waals surface area contributed by atoms with Crippen molar-refractivity contribution in [2.24, 2.45) is 0 Å². The predicted octanol–water partition coefficient (Wildman–Crippen LogP) is 6.42. The summed E-state index contributed by atoms with van der Waals surface area (Å²) in [6.45, 7) is 0.424. The van der Waals surface area contributed by atoms with E-state index in [4.69, 9.17) is 16.3 Å². The van der Waals surface area contributed by atoms with E-state index in [1.54, 1.807) is 66.7 Å². The molecule has 6 heteroatoms. The summed E-state index contributed by atoms with van der Waals surface area (Å²) in [5.74, 6) is 0.0573. The van der Waals surface area contributed by atoms with E-state index in [1.807, 2.05) is 36.4 Å². The van der Waals surface area contributed by atoms with Crippen LogP contribution in [0.3, 0.4) is 0 Å². The second kappa shape index (κ2) is 10.5. The maximum Gasteiger partial charge on any atom is 0.257 e. The van der Waals surface area contributed by atoms with E-state index in [9.17, 15) is 9.59 Å². The topological polar surface area (TPSA) is 67.4 Å². The number of rotatable bonds is 7. The Morgan fingerprint density at radius 1 is 0.697 bits per heavy atom. The van der Waals surface area contributed by atoms with Crippen molar-refractivity contribution < 1.29 is 14.3 Å². The zero-order chi connectivity index (χ0) is 23.0. The summed E-state index contributed by atoms with van der Waals surface area (Å²) in [5, 5.41) is 6.03. The van der Waals surface area contributed by atoms with Crippen LogP contribution in [0.15, 0.2) is 103 Å². The number of benzene rings is 4. The first-order chi connectivity index (χ1) is 16.1. The average molecular weight is 457 g/mol. The molecule has 4 aromatic rings. The van der Waals surface area contributed by atoms with Gasteiger partial charge in [0.2, 0.25) is 0 Å². The molecule has 0 aromatic heterocycles. The second-order valence-electron chi connectivity index (χ2n) is 7.27. The van der Waals surface area contributed by atoms with Gasteiger partial charge in [-0.05, 0) is 60.2 Å². The Bertz CT molecular complexity index is 1260. The molecule has 0 heterocycles. The zero-order valence-electron chi connectivity index (χ0n) is 17.6. The molecule has 0 radical (unpaired) electrons. The average Bonchev–Trinajstić information content (AvgIpc) is 2.85. The summed E-state index contributed by atoms with van der Waals surface area (Å²) >= 11 is 6.07. The van der Waals surface area contributed by atoms with Crippen LogP contribution in [0.1, 0.15) is 26.3 Å². The lowest BCUT2D eigenvalue weighted by Gasteiger charge is -2.10. The number of amides is 2. The first-order valence-electron chi connectivity index (χ1n) is 10.3. The lowest BCUT2D eigenvalue weighted by Crippen LogP contribution is -2.13. The Hall–Kier alpha value is -4.09. The second-order valence-corrected chi connectivity index (χ2v) is 7.67. The van der Waals surface area contributed by atoms with E-state index in [2.05, 4.69) is 10.6 Å². The van der Waals surface area contributed by atoms with Crippen molar-refractivity contribution in [1.29, 1.82) is 0 Å². The molecule has 0 bridgehead atoms. The van der Waals surface area contributed by atoms with Crippen molar-refractivity contribution in [1.82, 2.24) is 0 Å². The third kappa shape index (κ3) is 5.99. The van der Waals surface area contributed by atoms with Crippen LogP contribution in [0.5, 0.6) is 5.75 Å². The molecule has 33 heavy (non-hydrogen) atoms. The fraction of sp³-hybridized carbons (Fsp3) is 0.0370. The number of hydrogen-bond donors (Lipinski definition) is 2. The molecule has 4 rings (SSSR count).